The maximum Gasteiger partial charge on any atom is 0.221 e. The lowest BCUT2D eigenvalue weighted by Crippen LogP contribution is -2.35. The molecule has 17 heavy (non-hydrogen) atoms. The number of nitrogens with two attached hydrogens (primary N) is 1. The lowest BCUT2D eigenvalue weighted by atomic mass is 10.00. The summed E-state index contributed by atoms with van der Waals surface area (Å²) in [6.07, 6.45) is 2.29. The molecule has 0 aliphatic carbocycles. The molecule has 0 saturated heterocycles. The first-order valence-corrected chi connectivity index (χ1v) is 6.17. The van der Waals surface area contributed by atoms with Gasteiger partial charge in [0.25, 0.3) is 0 Å². The van der Waals surface area contributed by atoms with Crippen molar-refractivity contribution in [1.29, 1.82) is 0 Å². The highest BCUT2D eigenvalue weighted by atomic mass is 16.2. The fraction of sp³-hybridized carbons (Fsp3) is 0.833. The second kappa shape index (κ2) is 8.06. The summed E-state index contributed by atoms with van der Waals surface area (Å²) in [6.45, 7) is 6.85. The zero-order chi connectivity index (χ0) is 13.3. The molecule has 4 N–H and O–H groups in total. The molecule has 0 rings (SSSR count). The first kappa shape index (κ1) is 15.9. The van der Waals surface area contributed by atoms with Crippen LogP contribution in [-0.2, 0) is 9.59 Å². The van der Waals surface area contributed by atoms with E-state index in [9.17, 15) is 9.59 Å². The van der Waals surface area contributed by atoms with Crippen LogP contribution < -0.4 is 16.4 Å². The fourth-order valence-corrected chi connectivity index (χ4v) is 1.19. The van der Waals surface area contributed by atoms with Crippen LogP contribution in [0.5, 0.6) is 0 Å². The molecule has 0 aromatic rings. The Morgan fingerprint density at radius 3 is 2.12 bits per heavy atom. The predicted molar refractivity (Wildman–Crippen MR) is 68.4 cm³/mol. The summed E-state index contributed by atoms with van der Waals surface area (Å²) < 4.78 is 0. The molecular formula is C12H25N3O2. The Hall–Kier alpha value is -1.10. The fourth-order valence-electron chi connectivity index (χ4n) is 1.19. The average Bonchev–Trinajstić information content (AvgIpc) is 2.22. The van der Waals surface area contributed by atoms with Gasteiger partial charge in [-0.1, -0.05) is 6.92 Å². The van der Waals surface area contributed by atoms with Crippen LogP contribution in [0, 0.1) is 0 Å². The second-order valence-corrected chi connectivity index (χ2v) is 4.94. The molecule has 2 amide bonds. The Bertz CT molecular complexity index is 247. The van der Waals surface area contributed by atoms with E-state index >= 15 is 0 Å². The maximum atomic E-state index is 11.4. The van der Waals surface area contributed by atoms with Gasteiger partial charge in [0.15, 0.2) is 0 Å². The molecule has 0 heterocycles. The average molecular weight is 243 g/mol. The highest BCUT2D eigenvalue weighted by Gasteiger charge is 2.13. The molecule has 0 aromatic carbocycles. The van der Waals surface area contributed by atoms with Crippen molar-refractivity contribution < 1.29 is 9.59 Å². The Labute approximate surface area is 104 Å². The monoisotopic (exact) mass is 243 g/mol. The summed E-state index contributed by atoms with van der Waals surface area (Å²) in [7, 11) is 0. The lowest BCUT2D eigenvalue weighted by molar-refractivity contribution is -0.122. The smallest absolute Gasteiger partial charge is 0.221 e. The molecule has 0 atom stereocenters. The van der Waals surface area contributed by atoms with E-state index in [1.54, 1.807) is 0 Å². The Morgan fingerprint density at radius 1 is 1.06 bits per heavy atom. The van der Waals surface area contributed by atoms with Crippen LogP contribution in [0.1, 0.15) is 46.5 Å². The van der Waals surface area contributed by atoms with Crippen LogP contribution in [0.2, 0.25) is 0 Å². The zero-order valence-electron chi connectivity index (χ0n) is 11.1. The van der Waals surface area contributed by atoms with Crippen molar-refractivity contribution in [2.24, 2.45) is 5.73 Å². The third-order valence-electron chi connectivity index (χ3n) is 2.24. The number of hydrogen-bond acceptors (Lipinski definition) is 3. The molecule has 100 valence electrons. The van der Waals surface area contributed by atoms with Gasteiger partial charge in [-0.2, -0.15) is 0 Å². The van der Waals surface area contributed by atoms with Crippen LogP contribution in [0.25, 0.3) is 0 Å². The van der Waals surface area contributed by atoms with Crippen molar-refractivity contribution >= 4 is 11.8 Å². The van der Waals surface area contributed by atoms with E-state index in [-0.39, 0.29) is 17.4 Å². The maximum absolute atomic E-state index is 11.4. The van der Waals surface area contributed by atoms with Crippen LogP contribution >= 0.6 is 0 Å². The van der Waals surface area contributed by atoms with Gasteiger partial charge in [-0.25, -0.2) is 0 Å². The van der Waals surface area contributed by atoms with Gasteiger partial charge in [0.1, 0.15) is 0 Å². The second-order valence-electron chi connectivity index (χ2n) is 4.94. The molecular weight excluding hydrogens is 218 g/mol. The number of carbonyl (C=O) groups excluding carboxylic acids is 2. The van der Waals surface area contributed by atoms with Gasteiger partial charge in [-0.3, -0.25) is 9.59 Å². The lowest BCUT2D eigenvalue weighted by Gasteiger charge is -2.17. The van der Waals surface area contributed by atoms with Gasteiger partial charge in [0.2, 0.25) is 11.8 Å². The minimum absolute atomic E-state index is 0.0219. The quantitative estimate of drug-likeness (QED) is 0.581. The number of hydrogen-bond donors (Lipinski definition) is 3. The molecule has 0 aromatic heterocycles. The Morgan fingerprint density at radius 2 is 1.59 bits per heavy atom. The largest absolute Gasteiger partial charge is 0.356 e. The third kappa shape index (κ3) is 11.2. The van der Waals surface area contributed by atoms with Crippen molar-refractivity contribution in [3.05, 3.63) is 0 Å². The number of carbonyl (C=O) groups is 2. The summed E-state index contributed by atoms with van der Waals surface area (Å²) in [5, 5.41) is 5.46. The van der Waals surface area contributed by atoms with Gasteiger partial charge in [-0.05, 0) is 26.7 Å². The molecule has 0 bridgehead atoms. The number of amides is 2. The topological polar surface area (TPSA) is 84.2 Å². The first-order valence-electron chi connectivity index (χ1n) is 6.17. The summed E-state index contributed by atoms with van der Waals surface area (Å²) >= 11 is 0. The van der Waals surface area contributed by atoms with Crippen molar-refractivity contribution in [3.63, 3.8) is 0 Å². The third-order valence-corrected chi connectivity index (χ3v) is 2.24. The normalized spacial score (nSPS) is 11.1. The van der Waals surface area contributed by atoms with E-state index < -0.39 is 0 Å². The summed E-state index contributed by atoms with van der Waals surface area (Å²) in [5.74, 6) is -0.0712. The van der Waals surface area contributed by atoms with Gasteiger partial charge in [0, 0.05) is 31.5 Å². The molecule has 0 radical (unpaired) electrons. The Kier molecular flexibility index (Phi) is 7.54. The molecule has 0 fully saturated rings. The van der Waals surface area contributed by atoms with E-state index in [4.69, 9.17) is 5.73 Å². The highest BCUT2D eigenvalue weighted by molar-refractivity contribution is 5.78. The van der Waals surface area contributed by atoms with Crippen LogP contribution in [0.4, 0.5) is 0 Å². The summed E-state index contributed by atoms with van der Waals surface area (Å²) in [5.41, 5.74) is 5.45. The molecule has 0 aliphatic rings. The van der Waals surface area contributed by atoms with Gasteiger partial charge >= 0.3 is 0 Å². The van der Waals surface area contributed by atoms with Crippen LogP contribution in [0.15, 0.2) is 0 Å². The van der Waals surface area contributed by atoms with Gasteiger partial charge in [0.05, 0.1) is 0 Å². The summed E-state index contributed by atoms with van der Waals surface area (Å²) in [6, 6.07) is 0. The minimum atomic E-state index is -0.324. The van der Waals surface area contributed by atoms with E-state index in [0.29, 0.717) is 32.4 Å². The first-order chi connectivity index (χ1) is 7.85. The van der Waals surface area contributed by atoms with E-state index in [1.807, 2.05) is 20.8 Å². The molecule has 0 aliphatic heterocycles. The van der Waals surface area contributed by atoms with E-state index in [2.05, 4.69) is 10.6 Å². The van der Waals surface area contributed by atoms with Crippen molar-refractivity contribution in [3.8, 4) is 0 Å². The molecule has 5 nitrogen and oxygen atoms in total. The van der Waals surface area contributed by atoms with E-state index in [0.717, 1.165) is 6.42 Å². The summed E-state index contributed by atoms with van der Waals surface area (Å²) in [4.78, 5) is 22.6. The van der Waals surface area contributed by atoms with Crippen molar-refractivity contribution in [2.45, 2.75) is 52.0 Å². The standard InChI is InChI=1S/C12H25N3O2/c1-4-8-14-11(17)6-9-15-10(16)5-7-12(2,3)13/h4-9,13H2,1-3H3,(H,14,17)(H,15,16). The molecule has 0 saturated carbocycles. The van der Waals surface area contributed by atoms with Crippen LogP contribution in [0.3, 0.4) is 0 Å². The van der Waals surface area contributed by atoms with Gasteiger partial charge in [-0.15, -0.1) is 0 Å². The predicted octanol–water partition coefficient (Wildman–Crippen LogP) is 0.536. The van der Waals surface area contributed by atoms with Crippen molar-refractivity contribution in [1.82, 2.24) is 10.6 Å². The van der Waals surface area contributed by atoms with Crippen molar-refractivity contribution in [2.75, 3.05) is 13.1 Å². The van der Waals surface area contributed by atoms with Gasteiger partial charge < -0.3 is 16.4 Å². The van der Waals surface area contributed by atoms with E-state index in [1.165, 1.54) is 0 Å². The zero-order valence-corrected chi connectivity index (χ0v) is 11.1. The number of rotatable bonds is 8. The number of nitrogens with one attached hydrogen (secondary N) is 2. The van der Waals surface area contributed by atoms with Crippen LogP contribution in [-0.4, -0.2) is 30.4 Å². The molecule has 0 unspecified atom stereocenters. The Balaban J connectivity index is 3.54. The molecule has 5 heteroatoms. The highest BCUT2D eigenvalue weighted by Crippen LogP contribution is 2.06. The molecule has 0 spiro atoms. The SMILES string of the molecule is CCCNC(=O)CCNC(=O)CCC(C)(C)N. The minimum Gasteiger partial charge on any atom is -0.356 e.